The third kappa shape index (κ3) is 6.36. The summed E-state index contributed by atoms with van der Waals surface area (Å²) in [6, 6.07) is 10.3. The van der Waals surface area contributed by atoms with Gasteiger partial charge in [0.15, 0.2) is 5.84 Å². The molecule has 0 saturated carbocycles. The molecule has 1 aliphatic rings. The molecule has 15 heteroatoms. The van der Waals surface area contributed by atoms with E-state index >= 15 is 0 Å². The van der Waals surface area contributed by atoms with Crippen LogP contribution in [0.25, 0.3) is 0 Å². The summed E-state index contributed by atoms with van der Waals surface area (Å²) < 4.78 is 47.0. The summed E-state index contributed by atoms with van der Waals surface area (Å²) in [4.78, 5) is 22.3. The predicted molar refractivity (Wildman–Crippen MR) is 144 cm³/mol. The zero-order valence-electron chi connectivity index (χ0n) is 21.1. The zero-order valence-corrected chi connectivity index (χ0v) is 22.1. The monoisotopic (exact) mass is 561 g/mol. The highest BCUT2D eigenvalue weighted by atomic mass is 31.1. The number of fused-ring (bicyclic) bond motifs is 1. The van der Waals surface area contributed by atoms with E-state index in [1.807, 2.05) is 19.1 Å². The Bertz CT molecular complexity index is 1380. The Kier molecular flexibility index (Phi) is 8.48. The molecule has 1 aromatic heterocycles. The molecule has 0 bridgehead atoms. The van der Waals surface area contributed by atoms with Crippen LogP contribution >= 0.6 is 8.81 Å². The number of aromatic nitrogens is 2. The minimum Gasteiger partial charge on any atom is -0.382 e. The first-order chi connectivity index (χ1) is 18.6. The third-order valence-electron chi connectivity index (χ3n) is 5.81. The van der Waals surface area contributed by atoms with Gasteiger partial charge in [0.25, 0.3) is 5.91 Å². The molecule has 39 heavy (non-hydrogen) atoms. The van der Waals surface area contributed by atoms with Crippen molar-refractivity contribution in [2.24, 2.45) is 16.7 Å². The Labute approximate surface area is 224 Å². The second-order valence-corrected chi connectivity index (χ2v) is 9.39. The van der Waals surface area contributed by atoms with Gasteiger partial charge in [-0.15, -0.1) is 5.10 Å². The van der Waals surface area contributed by atoms with Crippen LogP contribution in [0.3, 0.4) is 0 Å². The molecule has 1 unspecified atom stereocenters. The van der Waals surface area contributed by atoms with Crippen LogP contribution in [0.15, 0.2) is 47.7 Å². The molecule has 206 valence electrons. The lowest BCUT2D eigenvalue weighted by molar-refractivity contribution is -0.137. The Balaban J connectivity index is 1.67. The van der Waals surface area contributed by atoms with E-state index in [9.17, 15) is 18.0 Å². The van der Waals surface area contributed by atoms with Crippen molar-refractivity contribution in [3.05, 3.63) is 70.4 Å². The van der Waals surface area contributed by atoms with Gasteiger partial charge < -0.3 is 25.8 Å². The van der Waals surface area contributed by atoms with Crippen LogP contribution in [0.1, 0.15) is 39.5 Å². The lowest BCUT2D eigenvalue weighted by Crippen LogP contribution is -2.24. The van der Waals surface area contributed by atoms with Crippen molar-refractivity contribution >= 4 is 43.7 Å². The first kappa shape index (κ1) is 28.0. The first-order valence-electron chi connectivity index (χ1n) is 11.7. The number of hydrazone groups is 1. The summed E-state index contributed by atoms with van der Waals surface area (Å²) >= 11 is 0. The van der Waals surface area contributed by atoms with Crippen molar-refractivity contribution in [1.82, 2.24) is 20.4 Å². The number of nitrogens with zero attached hydrogens (tertiary/aromatic N) is 4. The van der Waals surface area contributed by atoms with E-state index in [-0.39, 0.29) is 29.6 Å². The van der Waals surface area contributed by atoms with E-state index in [1.165, 1.54) is 11.0 Å². The first-order valence-corrected chi connectivity index (χ1v) is 12.9. The number of carbonyl (C=O) groups excluding carboxylic acids is 1. The average molecular weight is 562 g/mol. The smallest absolute Gasteiger partial charge is 0.382 e. The van der Waals surface area contributed by atoms with Crippen LogP contribution in [-0.4, -0.2) is 40.3 Å². The molecule has 1 aliphatic heterocycles. The highest BCUT2D eigenvalue weighted by molar-refractivity contribution is 7.31. The number of amidine groups is 1. The SMILES string of the molecule is CCOPCc1ccc(Nc2ncc(C(F)(F)F)c(Nc3ccc(/C(N)=N/NN)c4c3C(=O)N(C)C4)n2)cc1. The van der Waals surface area contributed by atoms with Crippen LogP contribution in [0.2, 0.25) is 0 Å². The van der Waals surface area contributed by atoms with Gasteiger partial charge in [-0.25, -0.2) is 16.4 Å². The normalized spacial score (nSPS) is 13.7. The molecule has 1 amide bonds. The van der Waals surface area contributed by atoms with Crippen molar-refractivity contribution in [1.29, 1.82) is 0 Å². The number of alkyl halides is 3. The fourth-order valence-electron chi connectivity index (χ4n) is 3.97. The number of nitrogens with two attached hydrogens (primary N) is 2. The van der Waals surface area contributed by atoms with Gasteiger partial charge >= 0.3 is 6.18 Å². The van der Waals surface area contributed by atoms with Crippen molar-refractivity contribution in [3.8, 4) is 0 Å². The van der Waals surface area contributed by atoms with Crippen LogP contribution in [0.4, 0.5) is 36.3 Å². The number of hydrogen-bond acceptors (Lipinski definition) is 9. The fraction of sp³-hybridized carbons (Fsp3) is 0.250. The fourth-order valence-corrected chi connectivity index (χ4v) is 4.68. The summed E-state index contributed by atoms with van der Waals surface area (Å²) in [6.45, 7) is 2.76. The van der Waals surface area contributed by atoms with Crippen molar-refractivity contribution in [2.75, 3.05) is 24.3 Å². The van der Waals surface area contributed by atoms with Gasteiger partial charge in [0, 0.05) is 52.6 Å². The summed E-state index contributed by atoms with van der Waals surface area (Å²) in [7, 11) is 1.91. The predicted octanol–water partition coefficient (Wildman–Crippen LogP) is 3.78. The summed E-state index contributed by atoms with van der Waals surface area (Å²) in [6.07, 6.45) is -3.30. The number of amides is 1. The Morgan fingerprint density at radius 2 is 1.95 bits per heavy atom. The second kappa shape index (κ2) is 11.8. The molecule has 2 aromatic carbocycles. The molecule has 0 radical (unpaired) electrons. The van der Waals surface area contributed by atoms with E-state index in [1.54, 1.807) is 25.2 Å². The maximum atomic E-state index is 13.9. The summed E-state index contributed by atoms with van der Waals surface area (Å²) in [5.41, 5.74) is 9.83. The van der Waals surface area contributed by atoms with E-state index in [2.05, 4.69) is 31.2 Å². The quantitative estimate of drug-likeness (QED) is 0.0621. The molecular weight excluding hydrogens is 534 g/mol. The minimum absolute atomic E-state index is 0.0253. The summed E-state index contributed by atoms with van der Waals surface area (Å²) in [5.74, 6) is 4.27. The van der Waals surface area contributed by atoms with Crippen LogP contribution in [-0.2, 0) is 23.4 Å². The molecule has 7 N–H and O–H groups in total. The standard InChI is InChI=1S/C24H27F3N9O2P/c1-3-38-39-12-13-4-6-14(7-5-13)31-23-30-10-17(24(25,26)27)21(33-23)32-18-9-8-15(20(28)34-35-29)16-11-36(2)22(37)19(16)18/h4-10,35,39H,3,11-12,29H2,1-2H3,(H2,28,34)(H2,30,31,32,33). The number of rotatable bonds is 10. The largest absolute Gasteiger partial charge is 0.421 e. The Hall–Kier alpha value is -4.00. The average Bonchev–Trinajstić information content (AvgIpc) is 3.19. The lowest BCUT2D eigenvalue weighted by atomic mass is 10.0. The third-order valence-corrected chi connectivity index (χ3v) is 6.86. The number of nitrogens with one attached hydrogen (secondary N) is 3. The van der Waals surface area contributed by atoms with E-state index in [0.717, 1.165) is 11.7 Å². The molecule has 2 heterocycles. The highest BCUT2D eigenvalue weighted by Gasteiger charge is 2.37. The number of anilines is 4. The topological polar surface area (TPSA) is 156 Å². The van der Waals surface area contributed by atoms with Crippen LogP contribution < -0.4 is 27.7 Å². The summed E-state index contributed by atoms with van der Waals surface area (Å²) in [5, 5.41) is 9.37. The molecule has 11 nitrogen and oxygen atoms in total. The molecule has 1 atom stereocenters. The number of hydrazine groups is 1. The molecule has 3 aromatic rings. The van der Waals surface area contributed by atoms with Gasteiger partial charge in [-0.2, -0.15) is 18.2 Å². The maximum Gasteiger partial charge on any atom is 0.421 e. The maximum absolute atomic E-state index is 13.9. The number of carbonyl (C=O) groups is 1. The molecule has 0 spiro atoms. The van der Waals surface area contributed by atoms with E-state index < -0.39 is 23.5 Å². The molecule has 0 aliphatic carbocycles. The van der Waals surface area contributed by atoms with Crippen LogP contribution in [0.5, 0.6) is 0 Å². The van der Waals surface area contributed by atoms with Gasteiger partial charge in [-0.1, -0.05) is 12.1 Å². The van der Waals surface area contributed by atoms with Crippen molar-refractivity contribution < 1.29 is 22.5 Å². The lowest BCUT2D eigenvalue weighted by Gasteiger charge is -2.17. The number of benzene rings is 2. The van der Waals surface area contributed by atoms with Gasteiger partial charge in [0.05, 0.1) is 11.3 Å². The van der Waals surface area contributed by atoms with E-state index in [4.69, 9.17) is 16.1 Å². The van der Waals surface area contributed by atoms with Gasteiger partial charge in [-0.3, -0.25) is 4.79 Å². The highest BCUT2D eigenvalue weighted by Crippen LogP contribution is 2.38. The zero-order chi connectivity index (χ0) is 28.2. The molecule has 0 fully saturated rings. The van der Waals surface area contributed by atoms with Crippen molar-refractivity contribution in [2.45, 2.75) is 25.8 Å². The molecular formula is C24H27F3N9O2P. The minimum atomic E-state index is -4.75. The molecule has 0 saturated heterocycles. The Morgan fingerprint density at radius 3 is 2.62 bits per heavy atom. The molecule has 4 rings (SSSR count). The second-order valence-electron chi connectivity index (χ2n) is 8.46. The van der Waals surface area contributed by atoms with E-state index in [0.29, 0.717) is 38.4 Å². The van der Waals surface area contributed by atoms with Gasteiger partial charge in [0.1, 0.15) is 11.4 Å². The number of halogens is 3. The van der Waals surface area contributed by atoms with Crippen LogP contribution in [0, 0.1) is 0 Å². The van der Waals surface area contributed by atoms with Gasteiger partial charge in [-0.05, 0) is 42.3 Å². The van der Waals surface area contributed by atoms with Gasteiger partial charge in [0.2, 0.25) is 5.95 Å². The number of hydrogen-bond donors (Lipinski definition) is 5. The Morgan fingerprint density at radius 1 is 1.21 bits per heavy atom. The van der Waals surface area contributed by atoms with Crippen molar-refractivity contribution in [3.63, 3.8) is 0 Å².